The molecular formula is C10H16N4O3S. The van der Waals surface area contributed by atoms with Crippen LogP contribution in [0.5, 0.6) is 0 Å². The van der Waals surface area contributed by atoms with Gasteiger partial charge in [0.2, 0.25) is 5.16 Å². The molecule has 1 saturated heterocycles. The maximum absolute atomic E-state index is 10.5. The zero-order valence-electron chi connectivity index (χ0n) is 10.2. The van der Waals surface area contributed by atoms with Crippen LogP contribution in [0.4, 0.5) is 0 Å². The summed E-state index contributed by atoms with van der Waals surface area (Å²) in [6, 6.07) is 0. The number of carboxylic acids is 1. The highest BCUT2D eigenvalue weighted by atomic mass is 32.2. The van der Waals surface area contributed by atoms with Gasteiger partial charge in [0.1, 0.15) is 0 Å². The molecule has 1 aromatic rings. The molecule has 1 fully saturated rings. The van der Waals surface area contributed by atoms with E-state index in [1.807, 2.05) is 0 Å². The third-order valence-electron chi connectivity index (χ3n) is 2.98. The van der Waals surface area contributed by atoms with Crippen LogP contribution in [0.15, 0.2) is 5.16 Å². The summed E-state index contributed by atoms with van der Waals surface area (Å²) in [6.07, 6.45) is 2.23. The molecule has 2 atom stereocenters. The van der Waals surface area contributed by atoms with E-state index >= 15 is 0 Å². The molecule has 0 aliphatic carbocycles. The van der Waals surface area contributed by atoms with Gasteiger partial charge >= 0.3 is 5.97 Å². The fraction of sp³-hybridized carbons (Fsp3) is 0.800. The Labute approximate surface area is 109 Å². The SMILES string of the molecule is CCC1OCCC1Cn1nnnc1SCC(=O)O. The number of aliphatic carboxylic acids is 1. The Kier molecular flexibility index (Phi) is 4.54. The predicted octanol–water partition coefficient (Wildman–Crippen LogP) is 0.665. The van der Waals surface area contributed by atoms with Crippen molar-refractivity contribution >= 4 is 17.7 Å². The van der Waals surface area contributed by atoms with Crippen LogP contribution in [-0.4, -0.2) is 49.7 Å². The van der Waals surface area contributed by atoms with Gasteiger partial charge in [-0.2, -0.15) is 0 Å². The maximum Gasteiger partial charge on any atom is 0.313 e. The van der Waals surface area contributed by atoms with E-state index in [0.717, 1.165) is 31.2 Å². The molecule has 8 heteroatoms. The Morgan fingerprint density at radius 3 is 3.22 bits per heavy atom. The number of carbonyl (C=O) groups is 1. The van der Waals surface area contributed by atoms with Gasteiger partial charge < -0.3 is 9.84 Å². The molecule has 2 heterocycles. The zero-order chi connectivity index (χ0) is 13.0. The lowest BCUT2D eigenvalue weighted by Crippen LogP contribution is -2.21. The summed E-state index contributed by atoms with van der Waals surface area (Å²) in [7, 11) is 0. The van der Waals surface area contributed by atoms with Gasteiger partial charge in [-0.25, -0.2) is 4.68 Å². The second kappa shape index (κ2) is 6.14. The highest BCUT2D eigenvalue weighted by Gasteiger charge is 2.28. The zero-order valence-corrected chi connectivity index (χ0v) is 11.0. The summed E-state index contributed by atoms with van der Waals surface area (Å²) in [4.78, 5) is 10.5. The van der Waals surface area contributed by atoms with Crippen LogP contribution in [-0.2, 0) is 16.1 Å². The van der Waals surface area contributed by atoms with E-state index < -0.39 is 5.97 Å². The molecule has 0 bridgehead atoms. The Morgan fingerprint density at radius 2 is 2.50 bits per heavy atom. The Morgan fingerprint density at radius 1 is 1.67 bits per heavy atom. The van der Waals surface area contributed by atoms with Gasteiger partial charge in [0.05, 0.1) is 18.4 Å². The fourth-order valence-corrected chi connectivity index (χ4v) is 2.72. The molecular weight excluding hydrogens is 256 g/mol. The van der Waals surface area contributed by atoms with E-state index in [0.29, 0.717) is 17.6 Å². The molecule has 1 N–H and O–H groups in total. The van der Waals surface area contributed by atoms with Crippen LogP contribution in [0.1, 0.15) is 19.8 Å². The number of aromatic nitrogens is 4. The maximum atomic E-state index is 10.5. The molecule has 2 unspecified atom stereocenters. The van der Waals surface area contributed by atoms with Crippen molar-refractivity contribution in [1.29, 1.82) is 0 Å². The summed E-state index contributed by atoms with van der Waals surface area (Å²) < 4.78 is 7.29. The summed E-state index contributed by atoms with van der Waals surface area (Å²) in [5.41, 5.74) is 0. The topological polar surface area (TPSA) is 90.1 Å². The predicted molar refractivity (Wildman–Crippen MR) is 64.3 cm³/mol. The Balaban J connectivity index is 1.96. The first-order valence-electron chi connectivity index (χ1n) is 5.93. The normalized spacial score (nSPS) is 23.4. The molecule has 18 heavy (non-hydrogen) atoms. The second-order valence-electron chi connectivity index (χ2n) is 4.19. The molecule has 2 rings (SSSR count). The number of nitrogens with zero attached hydrogens (tertiary/aromatic N) is 4. The highest BCUT2D eigenvalue weighted by Crippen LogP contribution is 2.26. The minimum absolute atomic E-state index is 0.0290. The van der Waals surface area contributed by atoms with Crippen molar-refractivity contribution in [2.24, 2.45) is 5.92 Å². The number of tetrazole rings is 1. The number of rotatable bonds is 6. The van der Waals surface area contributed by atoms with E-state index in [2.05, 4.69) is 22.4 Å². The van der Waals surface area contributed by atoms with Crippen LogP contribution in [0, 0.1) is 5.92 Å². The van der Waals surface area contributed by atoms with Gasteiger partial charge in [0, 0.05) is 12.5 Å². The lowest BCUT2D eigenvalue weighted by molar-refractivity contribution is -0.133. The van der Waals surface area contributed by atoms with Crippen molar-refractivity contribution in [1.82, 2.24) is 20.2 Å². The van der Waals surface area contributed by atoms with Crippen LogP contribution < -0.4 is 0 Å². The van der Waals surface area contributed by atoms with E-state index in [9.17, 15) is 4.79 Å². The first-order chi connectivity index (χ1) is 8.70. The third-order valence-corrected chi connectivity index (χ3v) is 3.92. The lowest BCUT2D eigenvalue weighted by Gasteiger charge is -2.16. The van der Waals surface area contributed by atoms with E-state index in [1.54, 1.807) is 4.68 Å². The average molecular weight is 272 g/mol. The molecule has 0 radical (unpaired) electrons. The third kappa shape index (κ3) is 3.20. The van der Waals surface area contributed by atoms with Gasteiger partial charge in [-0.1, -0.05) is 18.7 Å². The Hall–Kier alpha value is -1.15. The van der Waals surface area contributed by atoms with Crippen molar-refractivity contribution in [3.05, 3.63) is 0 Å². The minimum atomic E-state index is -0.870. The summed E-state index contributed by atoms with van der Waals surface area (Å²) in [5.74, 6) is -0.494. The van der Waals surface area contributed by atoms with Crippen LogP contribution >= 0.6 is 11.8 Å². The number of thioether (sulfide) groups is 1. The molecule has 1 aliphatic heterocycles. The first-order valence-corrected chi connectivity index (χ1v) is 6.91. The van der Waals surface area contributed by atoms with Gasteiger partial charge in [0.25, 0.3) is 0 Å². The molecule has 100 valence electrons. The molecule has 0 saturated carbocycles. The second-order valence-corrected chi connectivity index (χ2v) is 5.13. The number of hydrogen-bond donors (Lipinski definition) is 1. The van der Waals surface area contributed by atoms with Crippen molar-refractivity contribution in [3.8, 4) is 0 Å². The summed E-state index contributed by atoms with van der Waals surface area (Å²) >= 11 is 1.14. The highest BCUT2D eigenvalue weighted by molar-refractivity contribution is 7.99. The number of hydrogen-bond acceptors (Lipinski definition) is 6. The van der Waals surface area contributed by atoms with Crippen LogP contribution in [0.25, 0.3) is 0 Å². The van der Waals surface area contributed by atoms with Gasteiger partial charge in [-0.15, -0.1) is 5.10 Å². The van der Waals surface area contributed by atoms with Crippen molar-refractivity contribution in [2.45, 2.75) is 37.6 Å². The van der Waals surface area contributed by atoms with Gasteiger partial charge in [-0.3, -0.25) is 4.79 Å². The number of ether oxygens (including phenoxy) is 1. The fourth-order valence-electron chi connectivity index (χ4n) is 2.12. The molecule has 1 aliphatic rings. The van der Waals surface area contributed by atoms with Gasteiger partial charge in [0.15, 0.2) is 0 Å². The average Bonchev–Trinajstić information content (AvgIpc) is 2.96. The van der Waals surface area contributed by atoms with E-state index in [4.69, 9.17) is 9.84 Å². The van der Waals surface area contributed by atoms with E-state index in [1.165, 1.54) is 0 Å². The van der Waals surface area contributed by atoms with Crippen LogP contribution in [0.2, 0.25) is 0 Å². The van der Waals surface area contributed by atoms with Crippen LogP contribution in [0.3, 0.4) is 0 Å². The Bertz CT molecular complexity index is 412. The summed E-state index contributed by atoms with van der Waals surface area (Å²) in [5, 5.41) is 20.6. The minimum Gasteiger partial charge on any atom is -0.481 e. The smallest absolute Gasteiger partial charge is 0.313 e. The molecule has 1 aromatic heterocycles. The molecule has 0 amide bonds. The standard InChI is InChI=1S/C10H16N4O3S/c1-2-8-7(3-4-17-8)5-14-10(11-12-13-14)18-6-9(15)16/h7-8H,2-6H2,1H3,(H,15,16). The lowest BCUT2D eigenvalue weighted by atomic mass is 10.00. The summed E-state index contributed by atoms with van der Waals surface area (Å²) in [6.45, 7) is 3.57. The first kappa shape index (κ1) is 13.3. The molecule has 0 aromatic carbocycles. The van der Waals surface area contributed by atoms with Crippen molar-refractivity contribution in [2.75, 3.05) is 12.4 Å². The van der Waals surface area contributed by atoms with Crippen molar-refractivity contribution in [3.63, 3.8) is 0 Å². The quantitative estimate of drug-likeness (QED) is 0.761. The monoisotopic (exact) mass is 272 g/mol. The molecule has 7 nitrogen and oxygen atoms in total. The van der Waals surface area contributed by atoms with Gasteiger partial charge in [-0.05, 0) is 23.3 Å². The largest absolute Gasteiger partial charge is 0.481 e. The van der Waals surface area contributed by atoms with Crippen molar-refractivity contribution < 1.29 is 14.6 Å². The number of carboxylic acid groups (broad SMARTS) is 1. The van der Waals surface area contributed by atoms with E-state index in [-0.39, 0.29) is 11.9 Å². The molecule has 0 spiro atoms.